The van der Waals surface area contributed by atoms with Gasteiger partial charge < -0.3 is 9.47 Å². The fraction of sp³-hybridized carbons (Fsp3) is 0.364. The van der Waals surface area contributed by atoms with Crippen LogP contribution in [0, 0.1) is 0 Å². The highest BCUT2D eigenvalue weighted by Gasteiger charge is 2.21. The number of fused-ring (bicyclic) bond motifs is 1. The number of rotatable bonds is 2. The highest BCUT2D eigenvalue weighted by atomic mass is 16.5. The van der Waals surface area contributed by atoms with Crippen molar-refractivity contribution in [2.75, 3.05) is 6.61 Å². The van der Waals surface area contributed by atoms with Gasteiger partial charge in [0.1, 0.15) is 11.5 Å². The Bertz CT molecular complexity index is 369. The van der Waals surface area contributed by atoms with Gasteiger partial charge in [-0.25, -0.2) is 0 Å². The zero-order valence-corrected chi connectivity index (χ0v) is 8.24. The van der Waals surface area contributed by atoms with Gasteiger partial charge in [0.15, 0.2) is 6.61 Å². The van der Waals surface area contributed by atoms with Crippen LogP contribution < -0.4 is 9.47 Å². The van der Waals surface area contributed by atoms with Crippen LogP contribution in [0.2, 0.25) is 0 Å². The smallest absolute Gasteiger partial charge is 0.203 e. The third kappa shape index (κ3) is 1.58. The zero-order valence-electron chi connectivity index (χ0n) is 8.24. The molecule has 0 saturated heterocycles. The van der Waals surface area contributed by atoms with Gasteiger partial charge in [-0.15, -0.1) is 0 Å². The standard InChI is InChI=1S/C11H12O3/c1-7(2)14-8-3-4-9-10(12)6-13-11(9)5-8/h3-5,7H,6H2,1-2H3. The molecule has 1 aromatic rings. The van der Waals surface area contributed by atoms with Gasteiger partial charge in [0.25, 0.3) is 0 Å². The molecule has 1 aliphatic rings. The van der Waals surface area contributed by atoms with Gasteiger partial charge in [0.05, 0.1) is 11.7 Å². The molecule has 14 heavy (non-hydrogen) atoms. The van der Waals surface area contributed by atoms with Crippen LogP contribution in [0.3, 0.4) is 0 Å². The van der Waals surface area contributed by atoms with E-state index < -0.39 is 0 Å². The molecule has 3 heteroatoms. The lowest BCUT2D eigenvalue weighted by Gasteiger charge is -2.09. The third-order valence-corrected chi connectivity index (χ3v) is 1.98. The molecule has 0 fully saturated rings. The third-order valence-electron chi connectivity index (χ3n) is 1.98. The molecule has 0 spiro atoms. The molecular weight excluding hydrogens is 180 g/mol. The summed E-state index contributed by atoms with van der Waals surface area (Å²) in [5, 5.41) is 0. The molecule has 0 N–H and O–H groups in total. The average Bonchev–Trinajstić information content (AvgIpc) is 2.46. The zero-order chi connectivity index (χ0) is 10.1. The monoisotopic (exact) mass is 192 g/mol. The van der Waals surface area contributed by atoms with Gasteiger partial charge >= 0.3 is 0 Å². The SMILES string of the molecule is CC(C)Oc1ccc2c(c1)OCC2=O. The molecule has 1 aliphatic heterocycles. The molecule has 1 heterocycles. The fourth-order valence-electron chi connectivity index (χ4n) is 1.42. The van der Waals surface area contributed by atoms with Gasteiger partial charge in [0.2, 0.25) is 5.78 Å². The number of carbonyl (C=O) groups is 1. The van der Waals surface area contributed by atoms with Crippen LogP contribution in [0.15, 0.2) is 18.2 Å². The van der Waals surface area contributed by atoms with E-state index in [1.54, 1.807) is 18.2 Å². The van der Waals surface area contributed by atoms with Crippen LogP contribution in [0.5, 0.6) is 11.5 Å². The highest BCUT2D eigenvalue weighted by Crippen LogP contribution is 2.29. The van der Waals surface area contributed by atoms with E-state index in [2.05, 4.69) is 0 Å². The minimum absolute atomic E-state index is 0.0381. The van der Waals surface area contributed by atoms with E-state index in [-0.39, 0.29) is 18.5 Å². The number of hydrogen-bond donors (Lipinski definition) is 0. The number of ether oxygens (including phenoxy) is 2. The lowest BCUT2D eigenvalue weighted by molar-refractivity contribution is 0.0961. The van der Waals surface area contributed by atoms with Crippen molar-refractivity contribution in [3.05, 3.63) is 23.8 Å². The molecule has 0 aromatic heterocycles. The Balaban J connectivity index is 2.28. The molecule has 0 radical (unpaired) electrons. The number of ketones is 1. The first-order valence-corrected chi connectivity index (χ1v) is 4.63. The van der Waals surface area contributed by atoms with E-state index in [9.17, 15) is 4.79 Å². The summed E-state index contributed by atoms with van der Waals surface area (Å²) in [4.78, 5) is 11.2. The summed E-state index contributed by atoms with van der Waals surface area (Å²) in [6.07, 6.45) is 0.130. The minimum atomic E-state index is 0.0381. The first-order valence-electron chi connectivity index (χ1n) is 4.63. The van der Waals surface area contributed by atoms with Gasteiger partial charge in [-0.05, 0) is 26.0 Å². The van der Waals surface area contributed by atoms with E-state index in [1.165, 1.54) is 0 Å². The first kappa shape index (κ1) is 9.06. The van der Waals surface area contributed by atoms with Crippen LogP contribution in [0.1, 0.15) is 24.2 Å². The summed E-state index contributed by atoms with van der Waals surface area (Å²) < 4.78 is 10.7. The second kappa shape index (κ2) is 3.33. The second-order valence-electron chi connectivity index (χ2n) is 3.54. The molecule has 3 nitrogen and oxygen atoms in total. The molecule has 0 aliphatic carbocycles. The maximum Gasteiger partial charge on any atom is 0.203 e. The van der Waals surface area contributed by atoms with E-state index in [4.69, 9.17) is 9.47 Å². The number of Topliss-reactive ketones (excluding diaryl/α,β-unsaturated/α-hetero) is 1. The van der Waals surface area contributed by atoms with Gasteiger partial charge in [-0.3, -0.25) is 4.79 Å². The van der Waals surface area contributed by atoms with Crippen molar-refractivity contribution in [1.29, 1.82) is 0 Å². The molecule has 74 valence electrons. The van der Waals surface area contributed by atoms with Crippen LogP contribution in [-0.2, 0) is 0 Å². The molecule has 0 unspecified atom stereocenters. The van der Waals surface area contributed by atoms with Crippen molar-refractivity contribution < 1.29 is 14.3 Å². The van der Waals surface area contributed by atoms with Crippen molar-refractivity contribution in [1.82, 2.24) is 0 Å². The summed E-state index contributed by atoms with van der Waals surface area (Å²) >= 11 is 0. The molecule has 0 saturated carbocycles. The topological polar surface area (TPSA) is 35.5 Å². The molecule has 0 atom stereocenters. The molecule has 1 aromatic carbocycles. The Morgan fingerprint density at radius 3 is 2.93 bits per heavy atom. The molecule has 0 amide bonds. The quantitative estimate of drug-likeness (QED) is 0.719. The Kier molecular flexibility index (Phi) is 2.15. The lowest BCUT2D eigenvalue weighted by atomic mass is 10.1. The summed E-state index contributed by atoms with van der Waals surface area (Å²) in [7, 11) is 0. The summed E-state index contributed by atoms with van der Waals surface area (Å²) in [5.41, 5.74) is 0.654. The van der Waals surface area contributed by atoms with E-state index >= 15 is 0 Å². The number of hydrogen-bond acceptors (Lipinski definition) is 3. The minimum Gasteiger partial charge on any atom is -0.491 e. The summed E-state index contributed by atoms with van der Waals surface area (Å²) in [5.74, 6) is 1.41. The van der Waals surface area contributed by atoms with Crippen LogP contribution in [0.4, 0.5) is 0 Å². The van der Waals surface area contributed by atoms with Crippen molar-refractivity contribution >= 4 is 5.78 Å². The highest BCUT2D eigenvalue weighted by molar-refractivity contribution is 6.02. The Morgan fingerprint density at radius 2 is 2.21 bits per heavy atom. The predicted octanol–water partition coefficient (Wildman–Crippen LogP) is 2.05. The Labute approximate surface area is 82.6 Å². The normalized spacial score (nSPS) is 14.1. The van der Waals surface area contributed by atoms with E-state index in [0.29, 0.717) is 11.3 Å². The predicted molar refractivity (Wildman–Crippen MR) is 52.0 cm³/mol. The second-order valence-corrected chi connectivity index (χ2v) is 3.54. The van der Waals surface area contributed by atoms with Crippen molar-refractivity contribution in [2.24, 2.45) is 0 Å². The van der Waals surface area contributed by atoms with Gasteiger partial charge in [0, 0.05) is 6.07 Å². The Morgan fingerprint density at radius 1 is 1.43 bits per heavy atom. The van der Waals surface area contributed by atoms with Crippen molar-refractivity contribution in [3.63, 3.8) is 0 Å². The van der Waals surface area contributed by atoms with Crippen LogP contribution in [-0.4, -0.2) is 18.5 Å². The molecule has 2 rings (SSSR count). The molecular formula is C11H12O3. The summed E-state index contributed by atoms with van der Waals surface area (Å²) in [6.45, 7) is 4.07. The summed E-state index contributed by atoms with van der Waals surface area (Å²) in [6, 6.07) is 5.31. The first-order chi connectivity index (χ1) is 6.66. The maximum absolute atomic E-state index is 11.2. The van der Waals surface area contributed by atoms with E-state index in [0.717, 1.165) is 5.75 Å². The van der Waals surface area contributed by atoms with Crippen molar-refractivity contribution in [2.45, 2.75) is 20.0 Å². The lowest BCUT2D eigenvalue weighted by Crippen LogP contribution is -2.05. The Hall–Kier alpha value is -1.51. The fourth-order valence-corrected chi connectivity index (χ4v) is 1.42. The van der Waals surface area contributed by atoms with Crippen LogP contribution >= 0.6 is 0 Å². The number of carbonyl (C=O) groups excluding carboxylic acids is 1. The van der Waals surface area contributed by atoms with Gasteiger partial charge in [-0.2, -0.15) is 0 Å². The van der Waals surface area contributed by atoms with Crippen LogP contribution in [0.25, 0.3) is 0 Å². The maximum atomic E-state index is 11.2. The van der Waals surface area contributed by atoms with Gasteiger partial charge in [-0.1, -0.05) is 0 Å². The molecule has 0 bridgehead atoms. The van der Waals surface area contributed by atoms with Crippen molar-refractivity contribution in [3.8, 4) is 11.5 Å². The van der Waals surface area contributed by atoms with E-state index in [1.807, 2.05) is 13.8 Å². The average molecular weight is 192 g/mol. The number of benzene rings is 1. The largest absolute Gasteiger partial charge is 0.491 e.